The van der Waals surface area contributed by atoms with Gasteiger partial charge in [0.1, 0.15) is 16.1 Å². The number of halogens is 2. The molecule has 26 heavy (non-hydrogen) atoms. The smallest absolute Gasteiger partial charge is 0.253 e. The zero-order valence-corrected chi connectivity index (χ0v) is 16.2. The second-order valence-corrected chi connectivity index (χ2v) is 9.83. The molecule has 1 aliphatic heterocycles. The largest absolute Gasteiger partial charge is 0.354 e. The number of hydrogen-bond donors (Lipinski definition) is 1. The standard InChI is InChI=1S/C17H18ClFN2O3S2/c18-15-7-8-16(25-15)26(23,24)21-11-1-2-14(21)17(22)20-10-9-12-3-5-13(19)6-4-12/h3-8,14H,1-2,9-11H2,(H,20,22)/t14-/m0/s1. The van der Waals surface area contributed by atoms with E-state index in [2.05, 4.69) is 5.32 Å². The number of carbonyl (C=O) groups is 1. The third-order valence-electron chi connectivity index (χ3n) is 4.24. The van der Waals surface area contributed by atoms with Gasteiger partial charge in [0.05, 0.1) is 4.34 Å². The first-order valence-corrected chi connectivity index (χ1v) is 10.8. The van der Waals surface area contributed by atoms with Crippen LogP contribution in [0.2, 0.25) is 4.34 Å². The van der Waals surface area contributed by atoms with Crippen LogP contribution in [0.3, 0.4) is 0 Å². The van der Waals surface area contributed by atoms with Gasteiger partial charge in [-0.2, -0.15) is 4.31 Å². The molecule has 1 aliphatic rings. The Bertz CT molecular complexity index is 884. The van der Waals surface area contributed by atoms with E-state index in [1.165, 1.54) is 28.6 Å². The van der Waals surface area contributed by atoms with Crippen molar-refractivity contribution in [3.8, 4) is 0 Å². The summed E-state index contributed by atoms with van der Waals surface area (Å²) < 4.78 is 40.2. The number of nitrogens with zero attached hydrogens (tertiary/aromatic N) is 1. The highest BCUT2D eigenvalue weighted by Crippen LogP contribution is 2.32. The zero-order valence-electron chi connectivity index (χ0n) is 13.8. The van der Waals surface area contributed by atoms with E-state index in [0.29, 0.717) is 36.7 Å². The lowest BCUT2D eigenvalue weighted by Crippen LogP contribution is -2.46. The molecule has 2 heterocycles. The van der Waals surface area contributed by atoms with Crippen molar-refractivity contribution in [3.63, 3.8) is 0 Å². The minimum atomic E-state index is -3.73. The average molecular weight is 417 g/mol. The molecule has 0 aliphatic carbocycles. The van der Waals surface area contributed by atoms with Crippen LogP contribution in [0.1, 0.15) is 18.4 Å². The van der Waals surface area contributed by atoms with Crippen LogP contribution in [0, 0.1) is 5.82 Å². The number of sulfonamides is 1. The molecule has 1 N–H and O–H groups in total. The van der Waals surface area contributed by atoms with Crippen LogP contribution >= 0.6 is 22.9 Å². The maximum atomic E-state index is 12.9. The second-order valence-electron chi connectivity index (χ2n) is 6.00. The van der Waals surface area contributed by atoms with Gasteiger partial charge >= 0.3 is 0 Å². The van der Waals surface area contributed by atoms with Crippen LogP contribution < -0.4 is 5.32 Å². The lowest BCUT2D eigenvalue weighted by molar-refractivity contribution is -0.124. The highest BCUT2D eigenvalue weighted by Gasteiger charge is 2.39. The Balaban J connectivity index is 1.62. The molecule has 1 aromatic carbocycles. The van der Waals surface area contributed by atoms with Crippen molar-refractivity contribution in [1.82, 2.24) is 9.62 Å². The number of nitrogens with one attached hydrogen (secondary N) is 1. The molecule has 0 saturated carbocycles. The Morgan fingerprint density at radius 3 is 2.65 bits per heavy atom. The maximum absolute atomic E-state index is 12.9. The first-order chi connectivity index (χ1) is 12.4. The van der Waals surface area contributed by atoms with Crippen molar-refractivity contribution < 1.29 is 17.6 Å². The monoisotopic (exact) mass is 416 g/mol. The molecule has 1 amide bonds. The predicted octanol–water partition coefficient (Wildman–Crippen LogP) is 3.05. The van der Waals surface area contributed by atoms with Gasteiger partial charge in [0.25, 0.3) is 10.0 Å². The third kappa shape index (κ3) is 4.25. The summed E-state index contributed by atoms with van der Waals surface area (Å²) in [6.07, 6.45) is 1.67. The summed E-state index contributed by atoms with van der Waals surface area (Å²) >= 11 is 6.83. The summed E-state index contributed by atoms with van der Waals surface area (Å²) in [4.78, 5) is 12.5. The van der Waals surface area contributed by atoms with Crippen molar-refractivity contribution in [2.75, 3.05) is 13.1 Å². The SMILES string of the molecule is O=C(NCCc1ccc(F)cc1)[C@@H]1CCCN1S(=O)(=O)c1ccc(Cl)s1. The molecule has 9 heteroatoms. The normalized spacial score (nSPS) is 18.2. The molecular formula is C17H18ClFN2O3S2. The molecule has 0 spiro atoms. The van der Waals surface area contributed by atoms with E-state index >= 15 is 0 Å². The molecule has 0 unspecified atom stereocenters. The maximum Gasteiger partial charge on any atom is 0.253 e. The number of rotatable bonds is 6. The van der Waals surface area contributed by atoms with Gasteiger partial charge in [-0.25, -0.2) is 12.8 Å². The van der Waals surface area contributed by atoms with Crippen molar-refractivity contribution in [2.24, 2.45) is 0 Å². The van der Waals surface area contributed by atoms with E-state index in [4.69, 9.17) is 11.6 Å². The van der Waals surface area contributed by atoms with E-state index in [9.17, 15) is 17.6 Å². The van der Waals surface area contributed by atoms with Crippen molar-refractivity contribution >= 4 is 38.9 Å². The van der Waals surface area contributed by atoms with Crippen LogP contribution in [-0.4, -0.2) is 37.8 Å². The number of benzene rings is 1. The lowest BCUT2D eigenvalue weighted by atomic mass is 10.1. The van der Waals surface area contributed by atoms with E-state index in [0.717, 1.165) is 16.9 Å². The van der Waals surface area contributed by atoms with Crippen molar-refractivity contribution in [3.05, 3.63) is 52.1 Å². The van der Waals surface area contributed by atoms with Gasteiger partial charge in [-0.05, 0) is 49.1 Å². The highest BCUT2D eigenvalue weighted by molar-refractivity contribution is 7.91. The van der Waals surface area contributed by atoms with Gasteiger partial charge in [0.15, 0.2) is 0 Å². The topological polar surface area (TPSA) is 66.5 Å². The summed E-state index contributed by atoms with van der Waals surface area (Å²) in [6.45, 7) is 0.674. The van der Waals surface area contributed by atoms with E-state index in [-0.39, 0.29) is 15.9 Å². The quantitative estimate of drug-likeness (QED) is 0.787. The van der Waals surface area contributed by atoms with Crippen LogP contribution in [0.15, 0.2) is 40.6 Å². The molecular weight excluding hydrogens is 399 g/mol. The third-order valence-corrected chi connectivity index (χ3v) is 7.85. The van der Waals surface area contributed by atoms with Crippen molar-refractivity contribution in [2.45, 2.75) is 29.5 Å². The molecule has 0 radical (unpaired) electrons. The molecule has 2 aromatic rings. The molecule has 1 atom stereocenters. The number of amides is 1. The first-order valence-electron chi connectivity index (χ1n) is 8.17. The Hall–Kier alpha value is -1.48. The average Bonchev–Trinajstić information content (AvgIpc) is 3.26. The summed E-state index contributed by atoms with van der Waals surface area (Å²) in [5.74, 6) is -0.617. The van der Waals surface area contributed by atoms with Gasteiger partial charge in [-0.15, -0.1) is 11.3 Å². The molecule has 1 aromatic heterocycles. The van der Waals surface area contributed by atoms with Gasteiger partial charge in [-0.3, -0.25) is 4.79 Å². The molecule has 5 nitrogen and oxygen atoms in total. The van der Waals surface area contributed by atoms with E-state index in [1.54, 1.807) is 12.1 Å². The fraction of sp³-hybridized carbons (Fsp3) is 0.353. The number of thiophene rings is 1. The fourth-order valence-electron chi connectivity index (χ4n) is 2.94. The van der Waals surface area contributed by atoms with E-state index < -0.39 is 16.1 Å². The summed E-state index contributed by atoms with van der Waals surface area (Å²) in [6, 6.07) is 8.34. The molecule has 3 rings (SSSR count). The Morgan fingerprint density at radius 1 is 1.27 bits per heavy atom. The summed E-state index contributed by atoms with van der Waals surface area (Å²) in [5.41, 5.74) is 0.899. The lowest BCUT2D eigenvalue weighted by Gasteiger charge is -2.22. The van der Waals surface area contributed by atoms with Crippen LogP contribution in [0.5, 0.6) is 0 Å². The fourth-order valence-corrected chi connectivity index (χ4v) is 6.21. The summed E-state index contributed by atoms with van der Waals surface area (Å²) in [7, 11) is -3.73. The Kier molecular flexibility index (Phi) is 5.96. The number of carbonyl (C=O) groups excluding carboxylic acids is 1. The summed E-state index contributed by atoms with van der Waals surface area (Å²) in [5, 5.41) is 2.78. The Morgan fingerprint density at radius 2 is 2.00 bits per heavy atom. The molecule has 1 fully saturated rings. The zero-order chi connectivity index (χ0) is 18.7. The minimum Gasteiger partial charge on any atom is -0.354 e. The Labute approximate surface area is 160 Å². The van der Waals surface area contributed by atoms with Gasteiger partial charge in [0, 0.05) is 13.1 Å². The molecule has 0 bridgehead atoms. The first kappa shape index (κ1) is 19.3. The highest BCUT2D eigenvalue weighted by atomic mass is 35.5. The van der Waals surface area contributed by atoms with Crippen LogP contribution in [0.25, 0.3) is 0 Å². The second kappa shape index (κ2) is 8.04. The van der Waals surface area contributed by atoms with E-state index in [1.807, 2.05) is 0 Å². The van der Waals surface area contributed by atoms with Gasteiger partial charge in [0.2, 0.25) is 5.91 Å². The predicted molar refractivity (Wildman–Crippen MR) is 99.4 cm³/mol. The minimum absolute atomic E-state index is 0.147. The van der Waals surface area contributed by atoms with Gasteiger partial charge < -0.3 is 5.32 Å². The molecule has 1 saturated heterocycles. The number of hydrogen-bond acceptors (Lipinski definition) is 4. The van der Waals surface area contributed by atoms with Crippen LogP contribution in [-0.2, 0) is 21.2 Å². The van der Waals surface area contributed by atoms with Gasteiger partial charge in [-0.1, -0.05) is 23.7 Å². The van der Waals surface area contributed by atoms with Crippen LogP contribution in [0.4, 0.5) is 4.39 Å². The van der Waals surface area contributed by atoms with Crippen molar-refractivity contribution in [1.29, 1.82) is 0 Å². The molecule has 140 valence electrons.